The van der Waals surface area contributed by atoms with Crippen molar-refractivity contribution in [2.75, 3.05) is 26.4 Å². The Labute approximate surface area is 161 Å². The Morgan fingerprint density at radius 3 is 2.30 bits per heavy atom. The van der Waals surface area contributed by atoms with Gasteiger partial charge < -0.3 is 14.6 Å². The van der Waals surface area contributed by atoms with Crippen LogP contribution in [0, 0.1) is 6.92 Å². The summed E-state index contributed by atoms with van der Waals surface area (Å²) in [5.41, 5.74) is 1.95. The van der Waals surface area contributed by atoms with Crippen molar-refractivity contribution in [1.82, 2.24) is 4.72 Å². The van der Waals surface area contributed by atoms with E-state index in [2.05, 4.69) is 4.72 Å². The summed E-state index contributed by atoms with van der Waals surface area (Å²) >= 11 is 0. The first-order chi connectivity index (χ1) is 13.0. The SMILES string of the molecule is CCCOc1ccc(S(=O)(=O)NCC(OCCO)c2ccc(C)cc2)cc1. The largest absolute Gasteiger partial charge is 0.494 e. The number of benzene rings is 2. The lowest BCUT2D eigenvalue weighted by molar-refractivity contribution is 0.0309. The van der Waals surface area contributed by atoms with Gasteiger partial charge in [0.2, 0.25) is 10.0 Å². The number of ether oxygens (including phenoxy) is 2. The first-order valence-electron chi connectivity index (χ1n) is 8.98. The highest BCUT2D eigenvalue weighted by molar-refractivity contribution is 7.89. The van der Waals surface area contributed by atoms with Crippen molar-refractivity contribution < 1.29 is 23.0 Å². The molecular weight excluding hydrogens is 366 g/mol. The van der Waals surface area contributed by atoms with Crippen LogP contribution in [0.25, 0.3) is 0 Å². The quantitative estimate of drug-likeness (QED) is 0.613. The Bertz CT molecular complexity index is 788. The number of aliphatic hydroxyl groups excluding tert-OH is 1. The lowest BCUT2D eigenvalue weighted by Gasteiger charge is -2.19. The molecule has 1 atom stereocenters. The molecule has 0 heterocycles. The van der Waals surface area contributed by atoms with Gasteiger partial charge in [-0.15, -0.1) is 0 Å². The zero-order valence-corrected chi connectivity index (χ0v) is 16.5. The lowest BCUT2D eigenvalue weighted by Crippen LogP contribution is -2.30. The third kappa shape index (κ3) is 6.62. The van der Waals surface area contributed by atoms with Gasteiger partial charge in [-0.3, -0.25) is 0 Å². The van der Waals surface area contributed by atoms with Crippen molar-refractivity contribution >= 4 is 10.0 Å². The van der Waals surface area contributed by atoms with E-state index >= 15 is 0 Å². The van der Waals surface area contributed by atoms with E-state index in [0.717, 1.165) is 17.5 Å². The molecule has 148 valence electrons. The van der Waals surface area contributed by atoms with Crippen molar-refractivity contribution in [3.05, 3.63) is 59.7 Å². The summed E-state index contributed by atoms with van der Waals surface area (Å²) in [5, 5.41) is 9.02. The Morgan fingerprint density at radius 1 is 1.04 bits per heavy atom. The topological polar surface area (TPSA) is 84.9 Å². The van der Waals surface area contributed by atoms with Gasteiger partial charge in [0.1, 0.15) is 5.75 Å². The first-order valence-corrected chi connectivity index (χ1v) is 10.5. The molecule has 0 aliphatic rings. The van der Waals surface area contributed by atoms with Gasteiger partial charge in [-0.05, 0) is 43.2 Å². The van der Waals surface area contributed by atoms with Gasteiger partial charge in [-0.1, -0.05) is 36.8 Å². The highest BCUT2D eigenvalue weighted by atomic mass is 32.2. The van der Waals surface area contributed by atoms with Crippen LogP contribution >= 0.6 is 0 Å². The summed E-state index contributed by atoms with van der Waals surface area (Å²) in [4.78, 5) is 0.163. The molecule has 0 aliphatic heterocycles. The second-order valence-corrected chi connectivity index (χ2v) is 7.93. The highest BCUT2D eigenvalue weighted by Gasteiger charge is 2.19. The minimum Gasteiger partial charge on any atom is -0.494 e. The summed E-state index contributed by atoms with van der Waals surface area (Å²) in [6.07, 6.45) is 0.398. The number of hydrogen-bond acceptors (Lipinski definition) is 5. The Hall–Kier alpha value is -1.93. The lowest BCUT2D eigenvalue weighted by atomic mass is 10.1. The van der Waals surface area contributed by atoms with Crippen LogP contribution in [0.4, 0.5) is 0 Å². The third-order valence-electron chi connectivity index (χ3n) is 3.93. The molecule has 0 saturated carbocycles. The maximum atomic E-state index is 12.6. The van der Waals surface area contributed by atoms with Crippen LogP contribution in [0.1, 0.15) is 30.6 Å². The van der Waals surface area contributed by atoms with Crippen LogP contribution in [0.2, 0.25) is 0 Å². The first kappa shape index (κ1) is 21.4. The van der Waals surface area contributed by atoms with Crippen molar-refractivity contribution in [1.29, 1.82) is 0 Å². The number of nitrogens with one attached hydrogen (secondary N) is 1. The number of aryl methyl sites for hydroxylation is 1. The van der Waals surface area contributed by atoms with Crippen LogP contribution in [-0.2, 0) is 14.8 Å². The maximum absolute atomic E-state index is 12.6. The van der Waals surface area contributed by atoms with Crippen LogP contribution in [0.3, 0.4) is 0 Å². The van der Waals surface area contributed by atoms with Gasteiger partial charge in [0.15, 0.2) is 0 Å². The van der Waals surface area contributed by atoms with E-state index in [9.17, 15) is 8.42 Å². The molecule has 0 aromatic heterocycles. The molecule has 2 rings (SSSR count). The Balaban J connectivity index is 2.06. The molecule has 0 bridgehead atoms. The van der Waals surface area contributed by atoms with Gasteiger partial charge in [0.25, 0.3) is 0 Å². The van der Waals surface area contributed by atoms with E-state index in [1.54, 1.807) is 12.1 Å². The van der Waals surface area contributed by atoms with Crippen LogP contribution in [0.5, 0.6) is 5.75 Å². The van der Waals surface area contributed by atoms with Crippen molar-refractivity contribution in [2.24, 2.45) is 0 Å². The molecule has 0 amide bonds. The van der Waals surface area contributed by atoms with Crippen LogP contribution in [0.15, 0.2) is 53.4 Å². The second-order valence-electron chi connectivity index (χ2n) is 6.17. The molecule has 1 unspecified atom stereocenters. The average Bonchev–Trinajstić information content (AvgIpc) is 2.67. The molecule has 2 aromatic rings. The molecule has 0 aliphatic carbocycles. The van der Waals surface area contributed by atoms with Crippen LogP contribution in [-0.4, -0.2) is 39.9 Å². The van der Waals surface area contributed by atoms with E-state index in [-0.39, 0.29) is 24.7 Å². The summed E-state index contributed by atoms with van der Waals surface area (Å²) in [6, 6.07) is 14.0. The van der Waals surface area contributed by atoms with E-state index in [1.165, 1.54) is 12.1 Å². The van der Waals surface area contributed by atoms with Gasteiger partial charge in [0.05, 0.1) is 30.8 Å². The maximum Gasteiger partial charge on any atom is 0.240 e. The average molecular weight is 394 g/mol. The number of aliphatic hydroxyl groups is 1. The predicted molar refractivity (Wildman–Crippen MR) is 104 cm³/mol. The molecular formula is C20H27NO5S. The molecule has 0 fully saturated rings. The van der Waals surface area contributed by atoms with Gasteiger partial charge in [0, 0.05) is 6.54 Å². The van der Waals surface area contributed by atoms with Gasteiger partial charge in [-0.2, -0.15) is 0 Å². The third-order valence-corrected chi connectivity index (χ3v) is 5.36. The van der Waals surface area contributed by atoms with Crippen molar-refractivity contribution in [3.8, 4) is 5.75 Å². The number of sulfonamides is 1. The summed E-state index contributed by atoms with van der Waals surface area (Å²) in [6.45, 7) is 4.64. The Kier molecular flexibility index (Phi) is 8.24. The standard InChI is InChI=1S/C20H27NO5S/c1-3-13-25-18-8-10-19(11-9-18)27(23,24)21-15-20(26-14-12-22)17-6-4-16(2)5-7-17/h4-11,20-22H,3,12-15H2,1-2H3. The van der Waals surface area contributed by atoms with E-state index in [1.807, 2.05) is 38.1 Å². The molecule has 6 nitrogen and oxygen atoms in total. The molecule has 27 heavy (non-hydrogen) atoms. The zero-order chi connectivity index (χ0) is 19.7. The monoisotopic (exact) mass is 393 g/mol. The predicted octanol–water partition coefficient (Wildman–Crippen LogP) is 2.81. The molecule has 7 heteroatoms. The molecule has 0 radical (unpaired) electrons. The van der Waals surface area contributed by atoms with Crippen molar-refractivity contribution in [3.63, 3.8) is 0 Å². The fourth-order valence-electron chi connectivity index (χ4n) is 2.45. The summed E-state index contributed by atoms with van der Waals surface area (Å²) in [5.74, 6) is 0.639. The fourth-order valence-corrected chi connectivity index (χ4v) is 3.48. The minimum atomic E-state index is -3.68. The smallest absolute Gasteiger partial charge is 0.240 e. The Morgan fingerprint density at radius 2 is 1.70 bits per heavy atom. The zero-order valence-electron chi connectivity index (χ0n) is 15.7. The molecule has 0 spiro atoms. The number of hydrogen-bond donors (Lipinski definition) is 2. The number of rotatable bonds is 11. The van der Waals surface area contributed by atoms with E-state index < -0.39 is 16.1 Å². The highest BCUT2D eigenvalue weighted by Crippen LogP contribution is 2.20. The molecule has 2 N–H and O–H groups in total. The van der Waals surface area contributed by atoms with Crippen LogP contribution < -0.4 is 9.46 Å². The summed E-state index contributed by atoms with van der Waals surface area (Å²) < 4.78 is 38.8. The van der Waals surface area contributed by atoms with E-state index in [0.29, 0.717) is 12.4 Å². The fraction of sp³-hybridized carbons (Fsp3) is 0.400. The minimum absolute atomic E-state index is 0.0689. The summed E-state index contributed by atoms with van der Waals surface area (Å²) in [7, 11) is -3.68. The normalized spacial score (nSPS) is 12.7. The molecule has 0 saturated heterocycles. The van der Waals surface area contributed by atoms with Gasteiger partial charge in [-0.25, -0.2) is 13.1 Å². The molecule has 2 aromatic carbocycles. The van der Waals surface area contributed by atoms with E-state index in [4.69, 9.17) is 14.6 Å². The van der Waals surface area contributed by atoms with Crippen molar-refractivity contribution in [2.45, 2.75) is 31.3 Å². The van der Waals surface area contributed by atoms with Gasteiger partial charge >= 0.3 is 0 Å². The second kappa shape index (κ2) is 10.4.